The van der Waals surface area contributed by atoms with E-state index in [1.54, 1.807) is 26.2 Å². The molecule has 1 aromatic rings. The van der Waals surface area contributed by atoms with Crippen LogP contribution in [0.4, 0.5) is 0 Å². The van der Waals surface area contributed by atoms with Gasteiger partial charge >= 0.3 is 5.97 Å². The van der Waals surface area contributed by atoms with Gasteiger partial charge in [0.25, 0.3) is 0 Å². The van der Waals surface area contributed by atoms with Crippen LogP contribution in [0.2, 0.25) is 0 Å². The van der Waals surface area contributed by atoms with Gasteiger partial charge in [-0.15, -0.1) is 0 Å². The van der Waals surface area contributed by atoms with Crippen molar-refractivity contribution in [2.24, 2.45) is 0 Å². The monoisotopic (exact) mass is 264 g/mol. The average molecular weight is 264 g/mol. The van der Waals surface area contributed by atoms with Gasteiger partial charge in [0.05, 0.1) is 0 Å². The summed E-state index contributed by atoms with van der Waals surface area (Å²) in [5, 5.41) is 11.9. The number of pyridine rings is 1. The van der Waals surface area contributed by atoms with Crippen molar-refractivity contribution < 1.29 is 14.7 Å². The molecule has 104 valence electrons. The Bertz CT molecular complexity index is 428. The first-order valence-electron chi connectivity index (χ1n) is 6.47. The van der Waals surface area contributed by atoms with Gasteiger partial charge in [0.15, 0.2) is 0 Å². The lowest BCUT2D eigenvalue weighted by Gasteiger charge is -2.28. The van der Waals surface area contributed by atoms with E-state index in [1.807, 2.05) is 12.1 Å². The highest BCUT2D eigenvalue weighted by atomic mass is 16.4. The highest BCUT2D eigenvalue weighted by Crippen LogP contribution is 2.16. The number of carboxylic acids is 1. The van der Waals surface area contributed by atoms with Crippen molar-refractivity contribution in [2.45, 2.75) is 45.1 Å². The molecule has 0 saturated heterocycles. The van der Waals surface area contributed by atoms with Gasteiger partial charge in [0.2, 0.25) is 5.91 Å². The maximum atomic E-state index is 11.9. The first-order valence-corrected chi connectivity index (χ1v) is 6.47. The number of nitrogens with zero attached hydrogens (tertiary/aromatic N) is 1. The minimum Gasteiger partial charge on any atom is -0.480 e. The molecule has 0 aliphatic rings. The number of rotatable bonds is 7. The molecule has 0 saturated carbocycles. The third kappa shape index (κ3) is 4.05. The lowest BCUT2D eigenvalue weighted by atomic mass is 9.92. The molecule has 19 heavy (non-hydrogen) atoms. The van der Waals surface area contributed by atoms with Crippen LogP contribution in [0.3, 0.4) is 0 Å². The first kappa shape index (κ1) is 15.1. The summed E-state index contributed by atoms with van der Waals surface area (Å²) in [6, 6.07) is 3.71. The van der Waals surface area contributed by atoms with Crippen molar-refractivity contribution in [2.75, 3.05) is 0 Å². The number of carboxylic acid groups (broad SMARTS) is 1. The summed E-state index contributed by atoms with van der Waals surface area (Å²) in [6.07, 6.45) is 4.95. The summed E-state index contributed by atoms with van der Waals surface area (Å²) in [5.41, 5.74) is -0.182. The fourth-order valence-corrected chi connectivity index (χ4v) is 1.92. The van der Waals surface area contributed by atoms with Crippen molar-refractivity contribution in [3.63, 3.8) is 0 Å². The quantitative estimate of drug-likeness (QED) is 0.786. The van der Waals surface area contributed by atoms with E-state index < -0.39 is 11.5 Å². The SMILES string of the molecule is CCC(CC)(NC(=O)CCc1cccnc1)C(=O)O. The third-order valence-corrected chi connectivity index (χ3v) is 3.36. The predicted octanol–water partition coefficient (Wildman–Crippen LogP) is 1.77. The number of aryl methyl sites for hydroxylation is 1. The van der Waals surface area contributed by atoms with Crippen LogP contribution in [0.15, 0.2) is 24.5 Å². The molecule has 2 N–H and O–H groups in total. The molecule has 0 fully saturated rings. The Morgan fingerprint density at radius 1 is 1.37 bits per heavy atom. The number of hydrogen-bond acceptors (Lipinski definition) is 3. The number of carbonyl (C=O) groups excluding carboxylic acids is 1. The zero-order valence-electron chi connectivity index (χ0n) is 11.3. The van der Waals surface area contributed by atoms with Gasteiger partial charge in [-0.3, -0.25) is 9.78 Å². The minimum atomic E-state index is -1.15. The molecule has 1 heterocycles. The minimum absolute atomic E-state index is 0.241. The Labute approximate surface area is 113 Å². The highest BCUT2D eigenvalue weighted by molar-refractivity contribution is 5.87. The van der Waals surface area contributed by atoms with Crippen LogP contribution >= 0.6 is 0 Å². The van der Waals surface area contributed by atoms with E-state index in [1.165, 1.54) is 0 Å². The first-order chi connectivity index (χ1) is 9.04. The molecule has 1 aromatic heterocycles. The van der Waals surface area contributed by atoms with E-state index >= 15 is 0 Å². The Balaban J connectivity index is 2.57. The Morgan fingerprint density at radius 3 is 2.53 bits per heavy atom. The van der Waals surface area contributed by atoms with Gasteiger partial charge in [-0.1, -0.05) is 19.9 Å². The molecule has 0 aliphatic carbocycles. The average Bonchev–Trinajstić information content (AvgIpc) is 2.43. The van der Waals surface area contributed by atoms with Crippen LogP contribution in [0.1, 0.15) is 38.7 Å². The molecule has 0 bridgehead atoms. The lowest BCUT2D eigenvalue weighted by Crippen LogP contribution is -2.53. The molecular weight excluding hydrogens is 244 g/mol. The molecule has 0 unspecified atom stereocenters. The summed E-state index contributed by atoms with van der Waals surface area (Å²) in [6.45, 7) is 3.53. The molecule has 5 nitrogen and oxygen atoms in total. The van der Waals surface area contributed by atoms with Gasteiger partial charge in [0.1, 0.15) is 5.54 Å². The van der Waals surface area contributed by atoms with Crippen molar-refractivity contribution in [3.05, 3.63) is 30.1 Å². The van der Waals surface area contributed by atoms with Crippen molar-refractivity contribution in [1.29, 1.82) is 0 Å². The topological polar surface area (TPSA) is 79.3 Å². The molecule has 0 spiro atoms. The van der Waals surface area contributed by atoms with Crippen LogP contribution in [0.25, 0.3) is 0 Å². The summed E-state index contributed by atoms with van der Waals surface area (Å²) in [5.74, 6) is -1.22. The fourth-order valence-electron chi connectivity index (χ4n) is 1.92. The second-order valence-electron chi connectivity index (χ2n) is 4.50. The molecule has 0 aromatic carbocycles. The zero-order chi connectivity index (χ0) is 14.3. The molecule has 1 amide bonds. The van der Waals surface area contributed by atoms with Gasteiger partial charge in [0, 0.05) is 18.8 Å². The molecule has 1 rings (SSSR count). The van der Waals surface area contributed by atoms with Crippen molar-refractivity contribution >= 4 is 11.9 Å². The second-order valence-corrected chi connectivity index (χ2v) is 4.50. The van der Waals surface area contributed by atoms with E-state index in [0.29, 0.717) is 19.3 Å². The second kappa shape index (κ2) is 6.87. The summed E-state index contributed by atoms with van der Waals surface area (Å²) >= 11 is 0. The van der Waals surface area contributed by atoms with Crippen LogP contribution in [-0.4, -0.2) is 27.5 Å². The third-order valence-electron chi connectivity index (χ3n) is 3.36. The van der Waals surface area contributed by atoms with E-state index in [4.69, 9.17) is 0 Å². The van der Waals surface area contributed by atoms with E-state index in [-0.39, 0.29) is 12.3 Å². The van der Waals surface area contributed by atoms with E-state index in [0.717, 1.165) is 5.56 Å². The highest BCUT2D eigenvalue weighted by Gasteiger charge is 2.36. The van der Waals surface area contributed by atoms with Gasteiger partial charge in [-0.05, 0) is 30.9 Å². The van der Waals surface area contributed by atoms with Crippen molar-refractivity contribution in [3.8, 4) is 0 Å². The number of amides is 1. The van der Waals surface area contributed by atoms with Gasteiger partial charge in [-0.25, -0.2) is 4.79 Å². The van der Waals surface area contributed by atoms with Crippen LogP contribution < -0.4 is 5.32 Å². The van der Waals surface area contributed by atoms with Crippen LogP contribution in [0, 0.1) is 0 Å². The van der Waals surface area contributed by atoms with Gasteiger partial charge < -0.3 is 10.4 Å². The fraction of sp³-hybridized carbons (Fsp3) is 0.500. The van der Waals surface area contributed by atoms with Crippen LogP contribution in [-0.2, 0) is 16.0 Å². The Hall–Kier alpha value is -1.91. The Kier molecular flexibility index (Phi) is 5.48. The van der Waals surface area contributed by atoms with E-state index in [9.17, 15) is 14.7 Å². The summed E-state index contributed by atoms with van der Waals surface area (Å²) < 4.78 is 0. The van der Waals surface area contributed by atoms with Crippen LogP contribution in [0.5, 0.6) is 0 Å². The number of hydrogen-bond donors (Lipinski definition) is 2. The summed E-state index contributed by atoms with van der Waals surface area (Å²) in [4.78, 5) is 27.1. The summed E-state index contributed by atoms with van der Waals surface area (Å²) in [7, 11) is 0. The molecule has 5 heteroatoms. The molecule has 0 aliphatic heterocycles. The lowest BCUT2D eigenvalue weighted by molar-refractivity contribution is -0.148. The normalized spacial score (nSPS) is 11.1. The zero-order valence-corrected chi connectivity index (χ0v) is 11.3. The molecule has 0 radical (unpaired) electrons. The molecular formula is C14H20N2O3. The number of aliphatic carboxylic acids is 1. The number of nitrogens with one attached hydrogen (secondary N) is 1. The Morgan fingerprint density at radius 2 is 2.05 bits per heavy atom. The molecule has 0 atom stereocenters. The number of carbonyl (C=O) groups is 2. The standard InChI is InChI=1S/C14H20N2O3/c1-3-14(4-2,13(18)19)16-12(17)8-7-11-6-5-9-15-10-11/h5-6,9-10H,3-4,7-8H2,1-2H3,(H,16,17)(H,18,19). The predicted molar refractivity (Wildman–Crippen MR) is 71.6 cm³/mol. The maximum absolute atomic E-state index is 11.9. The maximum Gasteiger partial charge on any atom is 0.329 e. The largest absolute Gasteiger partial charge is 0.480 e. The number of aromatic nitrogens is 1. The smallest absolute Gasteiger partial charge is 0.329 e. The van der Waals surface area contributed by atoms with E-state index in [2.05, 4.69) is 10.3 Å². The van der Waals surface area contributed by atoms with Crippen molar-refractivity contribution in [1.82, 2.24) is 10.3 Å². The van der Waals surface area contributed by atoms with Gasteiger partial charge in [-0.2, -0.15) is 0 Å².